The minimum absolute atomic E-state index is 0.494. The van der Waals surface area contributed by atoms with Gasteiger partial charge >= 0.3 is 0 Å². The van der Waals surface area contributed by atoms with Gasteiger partial charge in [-0.3, -0.25) is 8.97 Å². The molecule has 12 rings (SSSR count). The van der Waals surface area contributed by atoms with E-state index in [0.717, 1.165) is 96.4 Å². The van der Waals surface area contributed by atoms with Crippen molar-refractivity contribution in [3.8, 4) is 17.2 Å². The Morgan fingerprint density at radius 2 is 1.06 bits per heavy atom. The minimum atomic E-state index is -3.32. The van der Waals surface area contributed by atoms with E-state index in [1.54, 1.807) is 0 Å². The highest BCUT2D eigenvalue weighted by Crippen LogP contribution is 2.64. The molecular formula is C58H59N3OSi3. The molecule has 0 saturated heterocycles. The first-order chi connectivity index (χ1) is 32.5. The lowest BCUT2D eigenvalue weighted by Crippen LogP contribution is -2.75. The SMILES string of the molecule is [2H]C1([Si](C)(C)C2([Si](C)(C)C3([2H])CCCC3)c3ccccc3Oc3c2cccc3[Si](c2ccccc2)(c2ccccc2)c2cccc(-n3c4ccccc4n4c5ccccc5nc34)c2)CCCC1. The molecule has 3 aliphatic rings. The van der Waals surface area contributed by atoms with Gasteiger partial charge < -0.3 is 4.74 Å². The van der Waals surface area contributed by atoms with Gasteiger partial charge in [0.1, 0.15) is 11.5 Å². The molecule has 9 aromatic rings. The molecule has 2 fully saturated rings. The molecular weight excluding hydrogens is 839 g/mol. The summed E-state index contributed by atoms with van der Waals surface area (Å²) >= 11 is 0. The van der Waals surface area contributed by atoms with E-state index in [1.807, 2.05) is 0 Å². The Morgan fingerprint density at radius 1 is 0.538 bits per heavy atom. The third kappa shape index (κ3) is 5.74. The molecule has 7 heteroatoms. The second kappa shape index (κ2) is 15.4. The van der Waals surface area contributed by atoms with Gasteiger partial charge in [-0.25, -0.2) is 4.98 Å². The zero-order valence-electron chi connectivity index (χ0n) is 40.1. The first-order valence-corrected chi connectivity index (χ1v) is 32.0. The summed E-state index contributed by atoms with van der Waals surface area (Å²) in [4.78, 5) is 5.31. The molecule has 4 nitrogen and oxygen atoms in total. The Bertz CT molecular complexity index is 3280. The number of benzene rings is 7. The number of para-hydroxylation sites is 6. The number of fused-ring (bicyclic) bond motifs is 7. The molecule has 0 radical (unpaired) electrons. The van der Waals surface area contributed by atoms with Crippen molar-refractivity contribution in [3.63, 3.8) is 0 Å². The highest BCUT2D eigenvalue weighted by Gasteiger charge is 2.66. The van der Waals surface area contributed by atoms with Gasteiger partial charge in [-0.1, -0.05) is 211 Å². The van der Waals surface area contributed by atoms with Gasteiger partial charge in [-0.15, -0.1) is 0 Å². The Labute approximate surface area is 389 Å². The molecule has 0 N–H and O–H groups in total. The Hall–Kier alpha value is -5.74. The molecule has 2 saturated carbocycles. The quantitative estimate of drug-likeness (QED) is 0.107. The summed E-state index contributed by atoms with van der Waals surface area (Å²) in [7, 11) is -8.91. The van der Waals surface area contributed by atoms with Gasteiger partial charge in [-0.2, -0.15) is 0 Å². The van der Waals surface area contributed by atoms with Gasteiger partial charge in [0.2, 0.25) is 5.78 Å². The fourth-order valence-corrected chi connectivity index (χ4v) is 33.7. The van der Waals surface area contributed by atoms with Crippen molar-refractivity contribution in [1.82, 2.24) is 14.0 Å². The van der Waals surface area contributed by atoms with Crippen LogP contribution in [0.15, 0.2) is 176 Å². The summed E-state index contributed by atoms with van der Waals surface area (Å²) in [5.74, 6) is 2.76. The largest absolute Gasteiger partial charge is 0.457 e. The van der Waals surface area contributed by atoms with Crippen molar-refractivity contribution in [3.05, 3.63) is 187 Å². The van der Waals surface area contributed by atoms with Crippen LogP contribution in [0.1, 0.15) is 65.2 Å². The standard InChI is InChI=1S/C58H59N3OSi3/c1-63(2,43-24-11-12-25-43)58(64(3,4)44-26-13-14-27-44)48-33-15-20-39-54(48)62-56-49(58)34-22-40-55(56)65(45-28-7-5-8-29-45,46-30-9-6-10-31-46)47-32-21-23-42(41-47)60-52-37-18-19-38-53(52)61-51-36-17-16-35-50(51)59-57(60)61/h5-10,15-23,28-41,43-44H,11-14,24-27H2,1-4H3/i43D,44D. The molecule has 324 valence electrons. The number of imidazole rings is 2. The first kappa shape index (κ1) is 38.5. The summed E-state index contributed by atoms with van der Waals surface area (Å²) in [6.45, 7) is 10.3. The smallest absolute Gasteiger partial charge is 0.220 e. The number of hydrogen-bond acceptors (Lipinski definition) is 2. The van der Waals surface area contributed by atoms with Crippen molar-refractivity contribution in [2.75, 3.05) is 0 Å². The molecule has 2 aromatic heterocycles. The highest BCUT2D eigenvalue weighted by molar-refractivity contribution is 7.20. The Kier molecular flexibility index (Phi) is 9.15. The van der Waals surface area contributed by atoms with E-state index in [2.05, 4.69) is 211 Å². The monoisotopic (exact) mass is 899 g/mol. The van der Waals surface area contributed by atoms with Crippen LogP contribution < -0.4 is 25.5 Å². The van der Waals surface area contributed by atoms with Crippen LogP contribution >= 0.6 is 0 Å². The van der Waals surface area contributed by atoms with Crippen molar-refractivity contribution in [2.45, 2.75) is 93.3 Å². The van der Waals surface area contributed by atoms with Crippen LogP contribution in [-0.2, 0) is 4.66 Å². The topological polar surface area (TPSA) is 31.5 Å². The van der Waals surface area contributed by atoms with Crippen LogP contribution in [0.25, 0.3) is 33.5 Å². The summed E-state index contributed by atoms with van der Waals surface area (Å²) in [6.07, 6.45) is 8.09. The third-order valence-electron chi connectivity index (χ3n) is 16.4. The van der Waals surface area contributed by atoms with E-state index in [0.29, 0.717) is 0 Å². The molecule has 0 amide bonds. The first-order valence-electron chi connectivity index (χ1n) is 25.0. The van der Waals surface area contributed by atoms with E-state index in [9.17, 15) is 2.74 Å². The number of hydrogen-bond donors (Lipinski definition) is 0. The maximum atomic E-state index is 10.7. The summed E-state index contributed by atoms with van der Waals surface area (Å²) in [6, 6.07) is 65.0. The maximum Gasteiger partial charge on any atom is 0.220 e. The van der Waals surface area contributed by atoms with Crippen molar-refractivity contribution < 1.29 is 7.48 Å². The van der Waals surface area contributed by atoms with Crippen LogP contribution in [0, 0.1) is 0 Å². The molecule has 65 heavy (non-hydrogen) atoms. The lowest BCUT2D eigenvalue weighted by molar-refractivity contribution is 0.449. The lowest BCUT2D eigenvalue weighted by Gasteiger charge is -2.61. The van der Waals surface area contributed by atoms with Gasteiger partial charge in [-0.05, 0) is 74.2 Å². The average Bonchev–Trinajstić information content (AvgIpc) is 4.17. The highest BCUT2D eigenvalue weighted by atomic mass is 28.4. The van der Waals surface area contributed by atoms with Gasteiger partial charge in [0.05, 0.1) is 38.2 Å². The van der Waals surface area contributed by atoms with E-state index in [4.69, 9.17) is 9.72 Å². The minimum Gasteiger partial charge on any atom is -0.457 e. The van der Waals surface area contributed by atoms with E-state index in [1.165, 1.54) is 31.9 Å². The molecule has 0 atom stereocenters. The summed E-state index contributed by atoms with van der Waals surface area (Å²) < 4.78 is 33.4. The Balaban J connectivity index is 1.21. The second-order valence-electron chi connectivity index (χ2n) is 20.0. The zero-order valence-corrected chi connectivity index (χ0v) is 41.1. The fraction of sp³-hybridized carbons (Fsp3) is 0.259. The number of ether oxygens (including phenoxy) is 1. The summed E-state index contributed by atoms with van der Waals surface area (Å²) in [5, 5.41) is 5.03. The van der Waals surface area contributed by atoms with E-state index >= 15 is 0 Å². The maximum absolute atomic E-state index is 10.7. The second-order valence-corrected chi connectivity index (χ2v) is 33.7. The number of aromatic nitrogens is 3. The predicted molar refractivity (Wildman–Crippen MR) is 280 cm³/mol. The molecule has 0 unspecified atom stereocenters. The molecule has 1 aliphatic heterocycles. The van der Waals surface area contributed by atoms with Crippen molar-refractivity contribution in [1.29, 1.82) is 0 Å². The molecule has 0 spiro atoms. The molecule has 0 bridgehead atoms. The van der Waals surface area contributed by atoms with Crippen molar-refractivity contribution in [2.24, 2.45) is 0 Å². The normalized spacial score (nSPS) is 18.3. The third-order valence-corrected chi connectivity index (χ3v) is 34.3. The zero-order chi connectivity index (χ0) is 45.8. The predicted octanol–water partition coefficient (Wildman–Crippen LogP) is 12.6. The summed E-state index contributed by atoms with van der Waals surface area (Å²) in [5.41, 5.74) is 6.75. The van der Waals surface area contributed by atoms with E-state index < -0.39 is 39.9 Å². The van der Waals surface area contributed by atoms with Crippen LogP contribution in [-0.4, -0.2) is 38.2 Å². The van der Waals surface area contributed by atoms with Crippen molar-refractivity contribution >= 4 is 72.8 Å². The molecule has 3 heterocycles. The van der Waals surface area contributed by atoms with Gasteiger partial charge in [0.25, 0.3) is 0 Å². The van der Waals surface area contributed by atoms with Gasteiger partial charge in [0.15, 0.2) is 8.07 Å². The van der Waals surface area contributed by atoms with E-state index in [-0.39, 0.29) is 0 Å². The van der Waals surface area contributed by atoms with Crippen LogP contribution in [0.5, 0.6) is 11.5 Å². The van der Waals surface area contributed by atoms with Crippen LogP contribution in [0.2, 0.25) is 37.2 Å². The lowest BCUT2D eigenvalue weighted by atomic mass is 9.98. The molecule has 7 aromatic carbocycles. The van der Waals surface area contributed by atoms with Crippen LogP contribution in [0.4, 0.5) is 0 Å². The van der Waals surface area contributed by atoms with Crippen LogP contribution in [0.3, 0.4) is 0 Å². The number of nitrogens with zero attached hydrogens (tertiary/aromatic N) is 3. The van der Waals surface area contributed by atoms with Gasteiger partial charge in [0, 0.05) is 24.2 Å². The fourth-order valence-electron chi connectivity index (χ4n) is 13.7. The Morgan fingerprint density at radius 3 is 1.72 bits per heavy atom. The molecule has 2 aliphatic carbocycles. The number of rotatable bonds is 9. The average molecular weight is 900 g/mol.